The first kappa shape index (κ1) is 23.4. The number of ketones is 4. The van der Waals surface area contributed by atoms with Crippen molar-refractivity contribution in [1.82, 2.24) is 0 Å². The Morgan fingerprint density at radius 2 is 0.719 bits per heavy atom. The van der Waals surface area contributed by atoms with Gasteiger partial charge in [-0.2, -0.15) is 0 Å². The average molecular weight is 530 g/mol. The van der Waals surface area contributed by atoms with Gasteiger partial charge in [0.25, 0.3) is 0 Å². The molecule has 0 aliphatic heterocycles. The third-order valence-electron chi connectivity index (χ3n) is 8.83. The molecule has 8 nitrogen and oxygen atoms in total. The van der Waals surface area contributed by atoms with Crippen molar-refractivity contribution in [3.05, 3.63) is 0 Å². The summed E-state index contributed by atoms with van der Waals surface area (Å²) in [5.74, 6) is -10.6. The third-order valence-corrected chi connectivity index (χ3v) is 11.6. The van der Waals surface area contributed by atoms with Crippen molar-refractivity contribution in [3.8, 4) is 0 Å². The van der Waals surface area contributed by atoms with E-state index in [0.29, 0.717) is 0 Å². The van der Waals surface area contributed by atoms with Gasteiger partial charge in [-0.15, -0.1) is 46.4 Å². The Morgan fingerprint density at radius 3 is 0.875 bits per heavy atom. The van der Waals surface area contributed by atoms with Crippen molar-refractivity contribution in [1.29, 1.82) is 0 Å². The van der Waals surface area contributed by atoms with Gasteiger partial charge in [-0.1, -0.05) is 0 Å². The molecule has 8 atom stereocenters. The normalized spacial score (nSPS) is 52.0. The number of rotatable bonds is 4. The van der Waals surface area contributed by atoms with Crippen LogP contribution in [0, 0.1) is 23.7 Å². The van der Waals surface area contributed by atoms with Gasteiger partial charge in [-0.3, -0.25) is 19.2 Å². The highest BCUT2D eigenvalue weighted by Gasteiger charge is 2.95. The smallest absolute Gasteiger partial charge is 0.227 e. The average Bonchev–Trinajstić information content (AvgIpc) is 3.19. The molecule has 0 aromatic carbocycles. The number of halogens is 4. The van der Waals surface area contributed by atoms with E-state index in [0.717, 1.165) is 0 Å². The van der Waals surface area contributed by atoms with Gasteiger partial charge in [0.1, 0.15) is 0 Å². The number of carbonyl (C=O) groups excluding carboxylic acids is 4. The number of carbonyl (C=O) groups is 4. The number of methoxy groups -OCH3 is 4. The predicted octanol–water partition coefficient (Wildman–Crippen LogP) is 1.46. The molecule has 5 aliphatic carbocycles. The molecule has 5 rings (SSSR count). The molecule has 0 amide bonds. The number of hydrogen-bond donors (Lipinski definition) is 0. The zero-order valence-electron chi connectivity index (χ0n) is 17.5. The molecule has 0 unspecified atom stereocenters. The number of hydrogen-bond acceptors (Lipinski definition) is 8. The van der Waals surface area contributed by atoms with Gasteiger partial charge in [-0.05, 0) is 36.5 Å². The monoisotopic (exact) mass is 528 g/mol. The summed E-state index contributed by atoms with van der Waals surface area (Å²) in [5.41, 5.74) is 0. The van der Waals surface area contributed by atoms with Crippen LogP contribution in [-0.4, -0.2) is 82.6 Å². The molecule has 5 aliphatic rings. The molecule has 0 N–H and O–H groups in total. The Balaban J connectivity index is 1.73. The molecule has 0 heterocycles. The first-order valence-electron chi connectivity index (χ1n) is 9.98. The van der Waals surface area contributed by atoms with Crippen molar-refractivity contribution in [2.24, 2.45) is 23.7 Å². The minimum absolute atomic E-state index is 0.0479. The van der Waals surface area contributed by atoms with Gasteiger partial charge in [0, 0.05) is 28.4 Å². The van der Waals surface area contributed by atoms with E-state index in [1.165, 1.54) is 28.4 Å². The summed E-state index contributed by atoms with van der Waals surface area (Å²) in [6.07, 6.45) is 0.0957. The summed E-state index contributed by atoms with van der Waals surface area (Å²) < 4.78 is 22.3. The van der Waals surface area contributed by atoms with Gasteiger partial charge in [-0.25, -0.2) is 0 Å². The SMILES string of the molecule is COC1(OC)[C@@]2(Cl)C(=O)C(=O)[C@]1(Cl)[C@@H]1C[C@H]3[C@@H](C[C@@H]12)[C@@]1(Cl)C(=O)C(=O)[C@]3(Cl)C1(OC)OC. The van der Waals surface area contributed by atoms with Gasteiger partial charge >= 0.3 is 0 Å². The van der Waals surface area contributed by atoms with Crippen LogP contribution in [-0.2, 0) is 38.1 Å². The molecular weight excluding hydrogens is 510 g/mol. The largest absolute Gasteiger partial charge is 0.349 e. The number of alkyl halides is 4. The van der Waals surface area contributed by atoms with E-state index in [-0.39, 0.29) is 12.8 Å². The maximum absolute atomic E-state index is 13.1. The van der Waals surface area contributed by atoms with Crippen LogP contribution in [0.2, 0.25) is 0 Å². The Morgan fingerprint density at radius 1 is 0.531 bits per heavy atom. The topological polar surface area (TPSA) is 105 Å². The third kappa shape index (κ3) is 1.70. The Kier molecular flexibility index (Phi) is 4.59. The summed E-state index contributed by atoms with van der Waals surface area (Å²) >= 11 is 27.6. The van der Waals surface area contributed by atoms with Crippen LogP contribution in [0.15, 0.2) is 0 Å². The van der Waals surface area contributed by atoms with E-state index < -0.39 is 77.9 Å². The zero-order chi connectivity index (χ0) is 23.9. The fourth-order valence-electron chi connectivity index (χ4n) is 7.76. The minimum atomic E-state index is -1.95. The van der Waals surface area contributed by atoms with Crippen molar-refractivity contribution >= 4 is 69.5 Å². The second-order valence-electron chi connectivity index (χ2n) is 9.11. The van der Waals surface area contributed by atoms with E-state index in [1.807, 2.05) is 0 Å². The van der Waals surface area contributed by atoms with E-state index in [1.54, 1.807) is 0 Å². The highest BCUT2D eigenvalue weighted by atomic mass is 35.5. The zero-order valence-corrected chi connectivity index (χ0v) is 20.5. The summed E-state index contributed by atoms with van der Waals surface area (Å²) in [4.78, 5) is 44.5. The molecular formula is C20H20Cl4O8. The standard InChI is InChI=1S/C20H20Cl4O8/c1-29-19(30-2)15(21)7-5-9-10(6-8(7)16(19,22)12(26)11(15)25)18(24)14(28)13(27)17(9,23)20(18,31-3)32-4/h7-10H,5-6H2,1-4H3/t7-,8+,9+,10-,15-,16+,17+,18-. The lowest BCUT2D eigenvalue weighted by Crippen LogP contribution is -2.59. The van der Waals surface area contributed by atoms with Gasteiger partial charge in [0.2, 0.25) is 34.7 Å². The number of Topliss-reactive ketones (excluding diaryl/α,β-unsaturated/α-hetero) is 4. The molecule has 32 heavy (non-hydrogen) atoms. The number of ether oxygens (including phenoxy) is 4. The van der Waals surface area contributed by atoms with E-state index >= 15 is 0 Å². The quantitative estimate of drug-likeness (QED) is 0.306. The molecule has 0 aromatic rings. The lowest BCUT2D eigenvalue weighted by Gasteiger charge is -2.47. The number of fused-ring (bicyclic) bond motifs is 10. The predicted molar refractivity (Wildman–Crippen MR) is 111 cm³/mol. The van der Waals surface area contributed by atoms with Crippen LogP contribution in [0.3, 0.4) is 0 Å². The molecule has 176 valence electrons. The highest BCUT2D eigenvalue weighted by Crippen LogP contribution is 2.78. The molecule has 12 heteroatoms. The van der Waals surface area contributed by atoms with Crippen LogP contribution < -0.4 is 0 Å². The minimum Gasteiger partial charge on any atom is -0.349 e. The second-order valence-corrected chi connectivity index (χ2v) is 11.5. The van der Waals surface area contributed by atoms with Crippen LogP contribution in [0.5, 0.6) is 0 Å². The summed E-state index contributed by atoms with van der Waals surface area (Å²) in [6, 6.07) is 0. The summed E-state index contributed by atoms with van der Waals surface area (Å²) in [7, 11) is 5.02. The molecule has 0 saturated heterocycles. The van der Waals surface area contributed by atoms with Crippen LogP contribution in [0.1, 0.15) is 12.8 Å². The second kappa shape index (κ2) is 6.26. The molecule has 4 bridgehead atoms. The van der Waals surface area contributed by atoms with E-state index in [9.17, 15) is 19.2 Å². The highest BCUT2D eigenvalue weighted by molar-refractivity contribution is 6.67. The molecule has 5 fully saturated rings. The Labute approximate surface area is 203 Å². The van der Waals surface area contributed by atoms with Crippen molar-refractivity contribution in [3.63, 3.8) is 0 Å². The maximum atomic E-state index is 13.1. The van der Waals surface area contributed by atoms with Crippen LogP contribution in [0.25, 0.3) is 0 Å². The summed E-state index contributed by atoms with van der Waals surface area (Å²) in [6.45, 7) is 0. The lowest BCUT2D eigenvalue weighted by molar-refractivity contribution is -0.225. The molecule has 5 saturated carbocycles. The van der Waals surface area contributed by atoms with Crippen molar-refractivity contribution < 1.29 is 38.1 Å². The fraction of sp³-hybridized carbons (Fsp3) is 0.800. The van der Waals surface area contributed by atoms with Crippen LogP contribution >= 0.6 is 46.4 Å². The fourth-order valence-corrected chi connectivity index (χ4v) is 10.4. The van der Waals surface area contributed by atoms with Gasteiger partial charge < -0.3 is 18.9 Å². The first-order valence-corrected chi connectivity index (χ1v) is 11.5. The van der Waals surface area contributed by atoms with Crippen molar-refractivity contribution in [2.75, 3.05) is 28.4 Å². The first-order chi connectivity index (χ1) is 14.8. The van der Waals surface area contributed by atoms with E-state index in [2.05, 4.69) is 0 Å². The lowest BCUT2D eigenvalue weighted by atomic mass is 9.58. The molecule has 0 spiro atoms. The van der Waals surface area contributed by atoms with Crippen molar-refractivity contribution in [2.45, 2.75) is 43.9 Å². The Hall–Kier alpha value is -0.320. The maximum Gasteiger partial charge on any atom is 0.227 e. The summed E-state index contributed by atoms with van der Waals surface area (Å²) in [5, 5.41) is 0. The molecule has 0 aromatic heterocycles. The van der Waals surface area contributed by atoms with Gasteiger partial charge in [0.15, 0.2) is 19.5 Å². The van der Waals surface area contributed by atoms with Gasteiger partial charge in [0.05, 0.1) is 0 Å². The van der Waals surface area contributed by atoms with Crippen LogP contribution in [0.4, 0.5) is 0 Å². The van der Waals surface area contributed by atoms with E-state index in [4.69, 9.17) is 65.4 Å². The Bertz CT molecular complexity index is 848. The molecule has 0 radical (unpaired) electrons.